The van der Waals surface area contributed by atoms with Gasteiger partial charge in [-0.15, -0.1) is 0 Å². The Balaban J connectivity index is 4.12. The summed E-state index contributed by atoms with van der Waals surface area (Å²) in [6.45, 7) is 9.03. The van der Waals surface area contributed by atoms with E-state index in [0.29, 0.717) is 19.3 Å². The summed E-state index contributed by atoms with van der Waals surface area (Å²) in [7, 11) is 0. The minimum atomic E-state index is -0.758. The molecule has 0 saturated heterocycles. The molecule has 344 valence electrons. The molecule has 0 bridgehead atoms. The highest BCUT2D eigenvalue weighted by molar-refractivity contribution is 5.71. The fourth-order valence-electron chi connectivity index (χ4n) is 7.83. The number of carbonyl (C=O) groups is 3. The van der Waals surface area contributed by atoms with Gasteiger partial charge in [-0.1, -0.05) is 252 Å². The lowest BCUT2D eigenvalue weighted by Gasteiger charge is -2.18. The predicted octanol–water partition coefficient (Wildman–Crippen LogP) is 16.7. The number of esters is 3. The number of hydrogen-bond donors (Lipinski definition) is 0. The molecule has 0 aliphatic carbocycles. The van der Waals surface area contributed by atoms with Crippen molar-refractivity contribution in [3.63, 3.8) is 0 Å². The lowest BCUT2D eigenvalue weighted by molar-refractivity contribution is -0.167. The maximum atomic E-state index is 12.8. The van der Waals surface area contributed by atoms with Crippen LogP contribution in [0, 0.1) is 5.92 Å². The van der Waals surface area contributed by atoms with E-state index in [1.165, 1.54) is 186 Å². The third kappa shape index (κ3) is 44.0. The van der Waals surface area contributed by atoms with Gasteiger partial charge in [0.15, 0.2) is 6.10 Å². The van der Waals surface area contributed by atoms with Crippen LogP contribution < -0.4 is 0 Å². The Morgan fingerprint density at radius 3 is 0.897 bits per heavy atom. The molecule has 0 aromatic rings. The lowest BCUT2D eigenvalue weighted by atomic mass is 9.99. The third-order valence-corrected chi connectivity index (χ3v) is 12.2. The molecule has 2 atom stereocenters. The molecular weight excluding hydrogens is 721 g/mol. The molecule has 0 heterocycles. The molecule has 0 fully saturated rings. The van der Waals surface area contributed by atoms with Gasteiger partial charge in [0.05, 0.1) is 0 Å². The van der Waals surface area contributed by atoms with E-state index in [4.69, 9.17) is 14.2 Å². The second kappa shape index (κ2) is 46.5. The maximum absolute atomic E-state index is 12.8. The van der Waals surface area contributed by atoms with Gasteiger partial charge in [0.1, 0.15) is 13.2 Å². The van der Waals surface area contributed by atoms with Crippen LogP contribution in [0.3, 0.4) is 0 Å². The van der Waals surface area contributed by atoms with Gasteiger partial charge in [-0.3, -0.25) is 14.4 Å². The van der Waals surface area contributed by atoms with E-state index < -0.39 is 6.10 Å². The topological polar surface area (TPSA) is 78.9 Å². The first kappa shape index (κ1) is 56.4. The zero-order valence-corrected chi connectivity index (χ0v) is 39.5. The van der Waals surface area contributed by atoms with E-state index in [1.807, 2.05) is 0 Å². The lowest BCUT2D eigenvalue weighted by Crippen LogP contribution is -2.30. The van der Waals surface area contributed by atoms with E-state index in [1.54, 1.807) is 0 Å². The van der Waals surface area contributed by atoms with Crippen LogP contribution in [0.4, 0.5) is 0 Å². The molecule has 0 aromatic carbocycles. The molecule has 58 heavy (non-hydrogen) atoms. The Bertz CT molecular complexity index is 874. The number of rotatable bonds is 47. The quantitative estimate of drug-likeness (QED) is 0.0346. The predicted molar refractivity (Wildman–Crippen MR) is 247 cm³/mol. The molecule has 0 aliphatic heterocycles. The van der Waals surface area contributed by atoms with Crippen molar-refractivity contribution in [3.8, 4) is 0 Å². The van der Waals surface area contributed by atoms with E-state index in [2.05, 4.69) is 27.7 Å². The van der Waals surface area contributed by atoms with Crippen molar-refractivity contribution in [1.82, 2.24) is 0 Å². The first-order chi connectivity index (χ1) is 28.4. The van der Waals surface area contributed by atoms with E-state index in [0.717, 1.165) is 63.7 Å². The van der Waals surface area contributed by atoms with Crippen LogP contribution in [0.25, 0.3) is 0 Å². The molecule has 0 amide bonds. The Morgan fingerprint density at radius 1 is 0.345 bits per heavy atom. The zero-order valence-electron chi connectivity index (χ0n) is 39.5. The molecule has 6 nitrogen and oxygen atoms in total. The molecule has 6 heteroatoms. The first-order valence-electron chi connectivity index (χ1n) is 25.9. The van der Waals surface area contributed by atoms with E-state index in [9.17, 15) is 14.4 Å². The van der Waals surface area contributed by atoms with E-state index >= 15 is 0 Å². The SMILES string of the molecule is CCCCCCCCCCCCCC(=O)OC[C@@H](COC(=O)CCCCCCCCC)OC(=O)CCCCCCCCCCCCCCCCCCCCC(C)CC. The van der Waals surface area contributed by atoms with Crippen LogP contribution in [0.2, 0.25) is 0 Å². The summed E-state index contributed by atoms with van der Waals surface area (Å²) < 4.78 is 16.7. The fourth-order valence-corrected chi connectivity index (χ4v) is 7.83. The van der Waals surface area contributed by atoms with Crippen molar-refractivity contribution < 1.29 is 28.6 Å². The largest absolute Gasteiger partial charge is 0.462 e. The van der Waals surface area contributed by atoms with Gasteiger partial charge in [-0.25, -0.2) is 0 Å². The number of unbranched alkanes of at least 4 members (excludes halogenated alkanes) is 33. The third-order valence-electron chi connectivity index (χ3n) is 12.2. The minimum Gasteiger partial charge on any atom is -0.462 e. The standard InChI is InChI=1S/C52H100O6/c1-5-8-10-12-14-15-24-28-32-36-40-44-51(54)57-47-49(46-56-50(53)43-39-35-30-13-11-9-6-2)58-52(55)45-41-37-33-29-26-23-21-19-17-16-18-20-22-25-27-31-34-38-42-48(4)7-3/h48-49H,5-47H2,1-4H3/t48?,49-/m1/s1. The van der Waals surface area contributed by atoms with Crippen molar-refractivity contribution in [3.05, 3.63) is 0 Å². The van der Waals surface area contributed by atoms with Crippen LogP contribution in [0.1, 0.15) is 291 Å². The highest BCUT2D eigenvalue weighted by atomic mass is 16.6. The van der Waals surface area contributed by atoms with Crippen molar-refractivity contribution >= 4 is 17.9 Å². The van der Waals surface area contributed by atoms with Crippen LogP contribution in [0.5, 0.6) is 0 Å². The summed E-state index contributed by atoms with van der Waals surface area (Å²) in [4.78, 5) is 37.7. The zero-order chi connectivity index (χ0) is 42.4. The van der Waals surface area contributed by atoms with Crippen LogP contribution >= 0.6 is 0 Å². The Hall–Kier alpha value is -1.59. The van der Waals surface area contributed by atoms with Gasteiger partial charge in [0, 0.05) is 19.3 Å². The van der Waals surface area contributed by atoms with Gasteiger partial charge in [0.25, 0.3) is 0 Å². The second-order valence-corrected chi connectivity index (χ2v) is 18.1. The smallest absolute Gasteiger partial charge is 0.306 e. The van der Waals surface area contributed by atoms with Crippen molar-refractivity contribution in [2.45, 2.75) is 297 Å². The first-order valence-corrected chi connectivity index (χ1v) is 25.9. The second-order valence-electron chi connectivity index (χ2n) is 18.1. The summed E-state index contributed by atoms with van der Waals surface area (Å²) in [5.41, 5.74) is 0. The molecule has 1 unspecified atom stereocenters. The van der Waals surface area contributed by atoms with Gasteiger partial charge in [0.2, 0.25) is 0 Å². The average Bonchev–Trinajstić information content (AvgIpc) is 3.22. The highest BCUT2D eigenvalue weighted by Gasteiger charge is 2.19. The monoisotopic (exact) mass is 821 g/mol. The molecule has 0 N–H and O–H groups in total. The maximum Gasteiger partial charge on any atom is 0.306 e. The number of carbonyl (C=O) groups excluding carboxylic acids is 3. The molecule has 0 spiro atoms. The summed E-state index contributed by atoms with van der Waals surface area (Å²) >= 11 is 0. The Labute approximate surface area is 361 Å². The van der Waals surface area contributed by atoms with Crippen molar-refractivity contribution in [1.29, 1.82) is 0 Å². The van der Waals surface area contributed by atoms with Gasteiger partial charge in [-0.2, -0.15) is 0 Å². The molecule has 0 aliphatic rings. The summed E-state index contributed by atoms with van der Waals surface area (Å²) in [5.74, 6) is 0.0561. The molecule has 0 saturated carbocycles. The number of ether oxygens (including phenoxy) is 3. The van der Waals surface area contributed by atoms with Crippen molar-refractivity contribution in [2.75, 3.05) is 13.2 Å². The normalized spacial score (nSPS) is 12.4. The summed E-state index contributed by atoms with van der Waals surface area (Å²) in [6, 6.07) is 0. The van der Waals surface area contributed by atoms with Gasteiger partial charge in [-0.05, 0) is 25.2 Å². The molecule has 0 aromatic heterocycles. The van der Waals surface area contributed by atoms with Crippen LogP contribution in [0.15, 0.2) is 0 Å². The fraction of sp³-hybridized carbons (Fsp3) is 0.942. The molecule has 0 radical (unpaired) electrons. The summed E-state index contributed by atoms with van der Waals surface area (Å²) in [5, 5.41) is 0. The molecule has 0 rings (SSSR count). The molecular formula is C52H100O6. The number of hydrogen-bond acceptors (Lipinski definition) is 6. The van der Waals surface area contributed by atoms with Crippen LogP contribution in [-0.2, 0) is 28.6 Å². The van der Waals surface area contributed by atoms with Gasteiger partial charge >= 0.3 is 17.9 Å². The minimum absolute atomic E-state index is 0.0633. The highest BCUT2D eigenvalue weighted by Crippen LogP contribution is 2.18. The Morgan fingerprint density at radius 2 is 0.603 bits per heavy atom. The summed E-state index contributed by atoms with van der Waals surface area (Å²) in [6.07, 6.45) is 48.2. The average molecular weight is 821 g/mol. The van der Waals surface area contributed by atoms with E-state index in [-0.39, 0.29) is 31.1 Å². The van der Waals surface area contributed by atoms with Crippen molar-refractivity contribution in [2.24, 2.45) is 5.92 Å². The van der Waals surface area contributed by atoms with Gasteiger partial charge < -0.3 is 14.2 Å². The van der Waals surface area contributed by atoms with Crippen LogP contribution in [-0.4, -0.2) is 37.2 Å². The Kier molecular flexibility index (Phi) is 45.2.